The topological polar surface area (TPSA) is 29.5 Å². The van der Waals surface area contributed by atoms with E-state index in [0.29, 0.717) is 13.2 Å². The average Bonchev–Trinajstić information content (AvgIpc) is 2.66. The minimum atomic E-state index is -0.277. The monoisotopic (exact) mass is 204 g/mol. The van der Waals surface area contributed by atoms with Gasteiger partial charge in [0.15, 0.2) is 0 Å². The first kappa shape index (κ1) is 10.4. The fourth-order valence-corrected chi connectivity index (χ4v) is 1.76. The van der Waals surface area contributed by atoms with E-state index in [0.717, 1.165) is 18.4 Å². The zero-order valence-electron chi connectivity index (χ0n) is 8.73. The van der Waals surface area contributed by atoms with Crippen LogP contribution in [0.4, 0.5) is 0 Å². The van der Waals surface area contributed by atoms with E-state index in [2.05, 4.69) is 6.08 Å². The smallest absolute Gasteiger partial charge is 0.0775 e. The number of aliphatic hydroxyl groups excluding tert-OH is 1. The number of hydrogen-bond acceptors (Lipinski definition) is 2. The van der Waals surface area contributed by atoms with Crippen molar-refractivity contribution in [2.45, 2.75) is 25.6 Å². The molecule has 1 aliphatic carbocycles. The lowest BCUT2D eigenvalue weighted by molar-refractivity contribution is 0.118. The summed E-state index contributed by atoms with van der Waals surface area (Å²) in [5, 5.41) is 9.54. The lowest BCUT2D eigenvalue weighted by Gasteiger charge is -2.09. The summed E-state index contributed by atoms with van der Waals surface area (Å²) in [6, 6.07) is 10.1. The van der Waals surface area contributed by atoms with Gasteiger partial charge in [0.25, 0.3) is 0 Å². The van der Waals surface area contributed by atoms with Gasteiger partial charge in [0.2, 0.25) is 0 Å². The number of rotatable bonds is 4. The van der Waals surface area contributed by atoms with Crippen molar-refractivity contribution < 1.29 is 9.84 Å². The number of aliphatic hydroxyl groups is 1. The first-order valence-electron chi connectivity index (χ1n) is 5.35. The van der Waals surface area contributed by atoms with Gasteiger partial charge in [-0.05, 0) is 24.0 Å². The molecule has 1 N–H and O–H groups in total. The molecule has 1 atom stereocenters. The van der Waals surface area contributed by atoms with Crippen molar-refractivity contribution >= 4 is 0 Å². The Hall–Kier alpha value is -1.12. The van der Waals surface area contributed by atoms with E-state index >= 15 is 0 Å². The van der Waals surface area contributed by atoms with Crippen LogP contribution in [0.3, 0.4) is 0 Å². The molecule has 0 saturated carbocycles. The number of ether oxygens (including phenoxy) is 1. The van der Waals surface area contributed by atoms with Crippen LogP contribution in [0.25, 0.3) is 0 Å². The standard InChI is InChI=1S/C13H16O2/c14-13-8-4-7-12(13)10-15-9-11-5-2-1-3-6-11/h1-3,5-7,13-14H,4,8-10H2/t13-/m0/s1. The maximum Gasteiger partial charge on any atom is 0.0775 e. The van der Waals surface area contributed by atoms with Crippen LogP contribution in [0.15, 0.2) is 42.0 Å². The van der Waals surface area contributed by atoms with Crippen LogP contribution in [0.5, 0.6) is 0 Å². The Labute approximate surface area is 90.2 Å². The summed E-state index contributed by atoms with van der Waals surface area (Å²) in [6.07, 6.45) is 3.63. The molecule has 0 aromatic heterocycles. The first-order chi connectivity index (χ1) is 7.36. The van der Waals surface area contributed by atoms with Gasteiger partial charge in [-0.15, -0.1) is 0 Å². The molecule has 2 heteroatoms. The number of hydrogen-bond donors (Lipinski definition) is 1. The highest BCUT2D eigenvalue weighted by Gasteiger charge is 2.15. The summed E-state index contributed by atoms with van der Waals surface area (Å²) in [5.41, 5.74) is 2.21. The second-order valence-electron chi connectivity index (χ2n) is 3.85. The number of allylic oxidation sites excluding steroid dienone is 1. The molecule has 0 unspecified atom stereocenters. The Balaban J connectivity index is 1.76. The van der Waals surface area contributed by atoms with E-state index in [1.807, 2.05) is 30.3 Å². The maximum atomic E-state index is 9.54. The van der Waals surface area contributed by atoms with Crippen molar-refractivity contribution in [3.05, 3.63) is 47.5 Å². The fraction of sp³-hybridized carbons (Fsp3) is 0.385. The molecule has 1 aromatic carbocycles. The van der Waals surface area contributed by atoms with Crippen molar-refractivity contribution in [1.29, 1.82) is 0 Å². The van der Waals surface area contributed by atoms with Crippen molar-refractivity contribution in [3.63, 3.8) is 0 Å². The Morgan fingerprint density at radius 3 is 2.67 bits per heavy atom. The van der Waals surface area contributed by atoms with Crippen molar-refractivity contribution in [1.82, 2.24) is 0 Å². The second-order valence-corrected chi connectivity index (χ2v) is 3.85. The van der Waals surface area contributed by atoms with E-state index in [1.165, 1.54) is 5.56 Å². The highest BCUT2D eigenvalue weighted by molar-refractivity contribution is 5.15. The minimum absolute atomic E-state index is 0.277. The highest BCUT2D eigenvalue weighted by atomic mass is 16.5. The zero-order valence-corrected chi connectivity index (χ0v) is 8.73. The Kier molecular flexibility index (Phi) is 3.54. The first-order valence-corrected chi connectivity index (χ1v) is 5.35. The van der Waals surface area contributed by atoms with Crippen LogP contribution >= 0.6 is 0 Å². The third-order valence-corrected chi connectivity index (χ3v) is 2.65. The van der Waals surface area contributed by atoms with Gasteiger partial charge in [0.1, 0.15) is 0 Å². The third-order valence-electron chi connectivity index (χ3n) is 2.65. The zero-order chi connectivity index (χ0) is 10.5. The highest BCUT2D eigenvalue weighted by Crippen LogP contribution is 2.18. The molecule has 80 valence electrons. The summed E-state index contributed by atoms with van der Waals surface area (Å²) < 4.78 is 5.55. The van der Waals surface area contributed by atoms with E-state index in [4.69, 9.17) is 4.74 Å². The van der Waals surface area contributed by atoms with Crippen LogP contribution in [-0.2, 0) is 11.3 Å². The normalized spacial score (nSPS) is 20.3. The van der Waals surface area contributed by atoms with Gasteiger partial charge in [-0.2, -0.15) is 0 Å². The molecule has 0 heterocycles. The van der Waals surface area contributed by atoms with E-state index < -0.39 is 0 Å². The molecule has 0 amide bonds. The van der Waals surface area contributed by atoms with Gasteiger partial charge in [0.05, 0.1) is 19.3 Å². The summed E-state index contributed by atoms with van der Waals surface area (Å²) >= 11 is 0. The minimum Gasteiger partial charge on any atom is -0.389 e. The second kappa shape index (κ2) is 5.10. The van der Waals surface area contributed by atoms with Gasteiger partial charge in [-0.25, -0.2) is 0 Å². The largest absolute Gasteiger partial charge is 0.389 e. The molecule has 1 aromatic rings. The molecule has 0 saturated heterocycles. The molecular formula is C13H16O2. The molecule has 0 aliphatic heterocycles. The van der Waals surface area contributed by atoms with Crippen LogP contribution in [-0.4, -0.2) is 17.8 Å². The van der Waals surface area contributed by atoms with Gasteiger partial charge >= 0.3 is 0 Å². The Morgan fingerprint density at radius 1 is 1.20 bits per heavy atom. The molecule has 0 spiro atoms. The summed E-state index contributed by atoms with van der Waals surface area (Å²) in [4.78, 5) is 0. The van der Waals surface area contributed by atoms with E-state index in [-0.39, 0.29) is 6.10 Å². The Morgan fingerprint density at radius 2 is 2.00 bits per heavy atom. The fourth-order valence-electron chi connectivity index (χ4n) is 1.76. The summed E-state index contributed by atoms with van der Waals surface area (Å²) in [7, 11) is 0. The average molecular weight is 204 g/mol. The van der Waals surface area contributed by atoms with Crippen LogP contribution in [0, 0.1) is 0 Å². The predicted molar refractivity (Wildman–Crippen MR) is 59.4 cm³/mol. The van der Waals surface area contributed by atoms with Crippen LogP contribution in [0.1, 0.15) is 18.4 Å². The SMILES string of the molecule is O[C@H]1CCC=C1COCc1ccccc1. The quantitative estimate of drug-likeness (QED) is 0.762. The van der Waals surface area contributed by atoms with Crippen LogP contribution in [0.2, 0.25) is 0 Å². The lowest BCUT2D eigenvalue weighted by Crippen LogP contribution is -2.10. The van der Waals surface area contributed by atoms with Crippen LogP contribution < -0.4 is 0 Å². The van der Waals surface area contributed by atoms with Crippen molar-refractivity contribution in [2.75, 3.05) is 6.61 Å². The van der Waals surface area contributed by atoms with Gasteiger partial charge in [-0.1, -0.05) is 36.4 Å². The molecule has 0 radical (unpaired) electrons. The lowest BCUT2D eigenvalue weighted by atomic mass is 10.2. The van der Waals surface area contributed by atoms with Gasteiger partial charge in [0, 0.05) is 0 Å². The molecule has 2 nitrogen and oxygen atoms in total. The van der Waals surface area contributed by atoms with Gasteiger partial charge < -0.3 is 9.84 Å². The molecule has 2 rings (SSSR count). The molecule has 0 bridgehead atoms. The molecule has 0 fully saturated rings. The van der Waals surface area contributed by atoms with E-state index in [1.54, 1.807) is 0 Å². The Bertz CT molecular complexity index is 330. The predicted octanol–water partition coefficient (Wildman–Crippen LogP) is 2.28. The van der Waals surface area contributed by atoms with Crippen molar-refractivity contribution in [3.8, 4) is 0 Å². The third kappa shape index (κ3) is 2.91. The number of benzene rings is 1. The molecule has 15 heavy (non-hydrogen) atoms. The summed E-state index contributed by atoms with van der Waals surface area (Å²) in [5.74, 6) is 0. The maximum absolute atomic E-state index is 9.54. The van der Waals surface area contributed by atoms with Crippen molar-refractivity contribution in [2.24, 2.45) is 0 Å². The molecule has 1 aliphatic rings. The summed E-state index contributed by atoms with van der Waals surface area (Å²) in [6.45, 7) is 1.17. The van der Waals surface area contributed by atoms with E-state index in [9.17, 15) is 5.11 Å². The molecular weight excluding hydrogens is 188 g/mol. The van der Waals surface area contributed by atoms with Gasteiger partial charge in [-0.3, -0.25) is 0 Å².